The average Bonchev–Trinajstić information content (AvgIpc) is 3.18. The van der Waals surface area contributed by atoms with Crippen molar-refractivity contribution in [3.8, 4) is 11.4 Å². The molecule has 0 saturated carbocycles. The third-order valence-corrected chi connectivity index (χ3v) is 5.16. The smallest absolute Gasteiger partial charge is 0.282 e. The first-order valence-corrected chi connectivity index (χ1v) is 10.1. The van der Waals surface area contributed by atoms with Crippen LogP contribution in [0.2, 0.25) is 10.0 Å². The van der Waals surface area contributed by atoms with Crippen molar-refractivity contribution in [2.45, 2.75) is 13.5 Å². The van der Waals surface area contributed by atoms with Gasteiger partial charge in [-0.25, -0.2) is 0 Å². The lowest BCUT2D eigenvalue weighted by molar-refractivity contribution is 0.0947. The number of nitrogens with one attached hydrogen (secondary N) is 1. The molecular formula is C23H18Cl2N4O. The zero-order valence-corrected chi connectivity index (χ0v) is 17.7. The van der Waals surface area contributed by atoms with Gasteiger partial charge >= 0.3 is 0 Å². The first-order chi connectivity index (χ1) is 14.5. The van der Waals surface area contributed by atoms with Crippen LogP contribution in [0.3, 0.4) is 0 Å². The molecule has 0 atom stereocenters. The third-order valence-electron chi connectivity index (χ3n) is 4.58. The fourth-order valence-corrected chi connectivity index (χ4v) is 3.27. The number of anilines is 1. The van der Waals surface area contributed by atoms with Gasteiger partial charge in [-0.1, -0.05) is 77.3 Å². The summed E-state index contributed by atoms with van der Waals surface area (Å²) in [5, 5.41) is 8.69. The third kappa shape index (κ3) is 4.37. The van der Waals surface area contributed by atoms with Crippen LogP contribution < -0.4 is 5.32 Å². The summed E-state index contributed by atoms with van der Waals surface area (Å²) >= 11 is 12.2. The molecule has 0 unspecified atom stereocenters. The molecule has 0 radical (unpaired) electrons. The van der Waals surface area contributed by atoms with Gasteiger partial charge in [-0.05, 0) is 36.8 Å². The first kappa shape index (κ1) is 20.1. The number of aromatic nitrogens is 3. The second-order valence-corrected chi connectivity index (χ2v) is 7.65. The molecule has 0 amide bonds. The minimum absolute atomic E-state index is 0.338. The van der Waals surface area contributed by atoms with Crippen molar-refractivity contribution in [3.05, 3.63) is 99.5 Å². The van der Waals surface area contributed by atoms with Gasteiger partial charge < -0.3 is 5.32 Å². The SMILES string of the molecule is Cc1ccc(-c2nc(NCc3ccc(Cl)cc3)n(C(=O)c3ccccc3Cl)n2)cc1. The van der Waals surface area contributed by atoms with Crippen LogP contribution in [0.1, 0.15) is 21.5 Å². The minimum atomic E-state index is -0.356. The van der Waals surface area contributed by atoms with Crippen LogP contribution in [0.5, 0.6) is 0 Å². The molecule has 0 saturated heterocycles. The molecule has 0 spiro atoms. The van der Waals surface area contributed by atoms with Crippen LogP contribution in [-0.2, 0) is 6.54 Å². The van der Waals surface area contributed by atoms with Gasteiger partial charge in [0.2, 0.25) is 5.95 Å². The molecule has 0 aliphatic carbocycles. The summed E-state index contributed by atoms with van der Waals surface area (Å²) < 4.78 is 1.26. The lowest BCUT2D eigenvalue weighted by Crippen LogP contribution is -2.18. The number of halogens is 2. The van der Waals surface area contributed by atoms with Gasteiger partial charge in [0.1, 0.15) is 0 Å². The Morgan fingerprint density at radius 1 is 0.967 bits per heavy atom. The van der Waals surface area contributed by atoms with Crippen LogP contribution in [0.15, 0.2) is 72.8 Å². The molecular weight excluding hydrogens is 419 g/mol. The highest BCUT2D eigenvalue weighted by atomic mass is 35.5. The highest BCUT2D eigenvalue weighted by molar-refractivity contribution is 6.34. The molecule has 5 nitrogen and oxygen atoms in total. The Morgan fingerprint density at radius 2 is 1.67 bits per heavy atom. The first-order valence-electron chi connectivity index (χ1n) is 9.33. The summed E-state index contributed by atoms with van der Waals surface area (Å²) in [4.78, 5) is 17.7. The topological polar surface area (TPSA) is 59.8 Å². The number of carbonyl (C=O) groups is 1. The molecule has 4 aromatic rings. The molecule has 30 heavy (non-hydrogen) atoms. The van der Waals surface area contributed by atoms with Crippen LogP contribution in [-0.4, -0.2) is 20.7 Å². The van der Waals surface area contributed by atoms with Crippen molar-refractivity contribution < 1.29 is 4.79 Å². The predicted molar refractivity (Wildman–Crippen MR) is 120 cm³/mol. The van der Waals surface area contributed by atoms with Crippen molar-refractivity contribution in [1.82, 2.24) is 14.8 Å². The summed E-state index contributed by atoms with van der Waals surface area (Å²) in [5.74, 6) is 0.435. The average molecular weight is 437 g/mol. The summed E-state index contributed by atoms with van der Waals surface area (Å²) in [6, 6.07) is 22.1. The van der Waals surface area contributed by atoms with Crippen LogP contribution >= 0.6 is 23.2 Å². The van der Waals surface area contributed by atoms with Gasteiger partial charge in [0.05, 0.1) is 10.6 Å². The number of hydrogen-bond donors (Lipinski definition) is 1. The Kier molecular flexibility index (Phi) is 5.84. The van der Waals surface area contributed by atoms with E-state index in [0.29, 0.717) is 33.9 Å². The van der Waals surface area contributed by atoms with E-state index in [1.807, 2.05) is 55.5 Å². The Labute approximate surface area is 184 Å². The molecule has 0 aliphatic rings. The Balaban J connectivity index is 1.70. The zero-order valence-electron chi connectivity index (χ0n) is 16.1. The van der Waals surface area contributed by atoms with E-state index in [4.69, 9.17) is 23.2 Å². The second kappa shape index (κ2) is 8.69. The highest BCUT2D eigenvalue weighted by Crippen LogP contribution is 2.22. The van der Waals surface area contributed by atoms with Gasteiger partial charge in [0, 0.05) is 17.1 Å². The molecule has 3 aromatic carbocycles. The van der Waals surface area contributed by atoms with E-state index < -0.39 is 0 Å². The van der Waals surface area contributed by atoms with Gasteiger partial charge in [-0.3, -0.25) is 4.79 Å². The molecule has 150 valence electrons. The van der Waals surface area contributed by atoms with Gasteiger partial charge in [0.15, 0.2) is 5.82 Å². The molecule has 0 bridgehead atoms. The van der Waals surface area contributed by atoms with Crippen molar-refractivity contribution >= 4 is 35.1 Å². The van der Waals surface area contributed by atoms with E-state index in [2.05, 4.69) is 15.4 Å². The van der Waals surface area contributed by atoms with E-state index in [0.717, 1.165) is 16.7 Å². The Hall–Kier alpha value is -3.15. The van der Waals surface area contributed by atoms with E-state index in [1.165, 1.54) is 4.68 Å². The van der Waals surface area contributed by atoms with E-state index in [1.54, 1.807) is 24.3 Å². The summed E-state index contributed by atoms with van der Waals surface area (Å²) in [5.41, 5.74) is 3.30. The van der Waals surface area contributed by atoms with Gasteiger partial charge in [-0.2, -0.15) is 9.67 Å². The number of nitrogens with zero attached hydrogens (tertiary/aromatic N) is 3. The maximum atomic E-state index is 13.2. The maximum Gasteiger partial charge on any atom is 0.282 e. The lowest BCUT2D eigenvalue weighted by atomic mass is 10.1. The predicted octanol–water partition coefficient (Wildman–Crippen LogP) is 5.86. The van der Waals surface area contributed by atoms with E-state index in [9.17, 15) is 4.79 Å². The molecule has 1 aromatic heterocycles. The van der Waals surface area contributed by atoms with Crippen LogP contribution in [0.25, 0.3) is 11.4 Å². The fraction of sp³-hybridized carbons (Fsp3) is 0.0870. The summed E-state index contributed by atoms with van der Waals surface area (Å²) in [7, 11) is 0. The molecule has 0 aliphatic heterocycles. The van der Waals surface area contributed by atoms with E-state index >= 15 is 0 Å². The number of hydrogen-bond acceptors (Lipinski definition) is 4. The molecule has 4 rings (SSSR count). The number of rotatable bonds is 5. The Bertz CT molecular complexity index is 1180. The summed E-state index contributed by atoms with van der Waals surface area (Å²) in [6.07, 6.45) is 0. The lowest BCUT2D eigenvalue weighted by Gasteiger charge is -2.08. The van der Waals surface area contributed by atoms with E-state index in [-0.39, 0.29) is 5.91 Å². The van der Waals surface area contributed by atoms with Gasteiger partial charge in [0.25, 0.3) is 5.91 Å². The van der Waals surface area contributed by atoms with Crippen molar-refractivity contribution in [3.63, 3.8) is 0 Å². The zero-order chi connectivity index (χ0) is 21.1. The fourth-order valence-electron chi connectivity index (χ4n) is 2.93. The summed E-state index contributed by atoms with van der Waals surface area (Å²) in [6.45, 7) is 2.47. The molecule has 1 N–H and O–H groups in total. The standard InChI is InChI=1S/C23H18Cl2N4O/c1-15-6-10-17(11-7-15)21-27-23(26-14-16-8-12-18(24)13-9-16)29(28-21)22(30)19-4-2-3-5-20(19)25/h2-13H,14H2,1H3,(H,26,27,28). The van der Waals surface area contributed by atoms with Crippen molar-refractivity contribution in [2.24, 2.45) is 0 Å². The quantitative estimate of drug-likeness (QED) is 0.425. The highest BCUT2D eigenvalue weighted by Gasteiger charge is 2.20. The minimum Gasteiger partial charge on any atom is -0.350 e. The molecule has 1 heterocycles. The monoisotopic (exact) mass is 436 g/mol. The van der Waals surface area contributed by atoms with Gasteiger partial charge in [-0.15, -0.1) is 5.10 Å². The van der Waals surface area contributed by atoms with Crippen LogP contribution in [0, 0.1) is 6.92 Å². The van der Waals surface area contributed by atoms with Crippen molar-refractivity contribution in [1.29, 1.82) is 0 Å². The number of benzene rings is 3. The largest absolute Gasteiger partial charge is 0.350 e. The normalized spacial score (nSPS) is 10.8. The van der Waals surface area contributed by atoms with Crippen LogP contribution in [0.4, 0.5) is 5.95 Å². The number of carbonyl (C=O) groups excluding carboxylic acids is 1. The maximum absolute atomic E-state index is 13.2. The van der Waals surface area contributed by atoms with Crippen molar-refractivity contribution in [2.75, 3.05) is 5.32 Å². The second-order valence-electron chi connectivity index (χ2n) is 6.80. The Morgan fingerprint density at radius 3 is 2.37 bits per heavy atom. The number of aryl methyl sites for hydroxylation is 1. The molecule has 7 heteroatoms. The molecule has 0 fully saturated rings.